The molecule has 0 heterocycles. The molecular formula is C15H22F2O. The molecular weight excluding hydrogens is 234 g/mol. The van der Waals surface area contributed by atoms with Crippen molar-refractivity contribution in [3.8, 4) is 0 Å². The van der Waals surface area contributed by atoms with Crippen LogP contribution in [0.2, 0.25) is 0 Å². The van der Waals surface area contributed by atoms with Crippen LogP contribution in [0.3, 0.4) is 0 Å². The minimum absolute atomic E-state index is 0.264. The van der Waals surface area contributed by atoms with Crippen LogP contribution >= 0.6 is 0 Å². The molecule has 18 heavy (non-hydrogen) atoms. The van der Waals surface area contributed by atoms with Gasteiger partial charge >= 0.3 is 0 Å². The van der Waals surface area contributed by atoms with Crippen LogP contribution < -0.4 is 0 Å². The lowest BCUT2D eigenvalue weighted by Gasteiger charge is -2.11. The summed E-state index contributed by atoms with van der Waals surface area (Å²) in [6.45, 7) is 2.16. The third-order valence-electron chi connectivity index (χ3n) is 3.11. The van der Waals surface area contributed by atoms with E-state index in [0.717, 1.165) is 18.9 Å². The standard InChI is InChI=1S/C15H22F2O/c1-2-3-4-5-6-7-14(18)10-12-8-9-13(16)11-15(12)17/h8-9,11,14,18H,2-7,10H2,1H3. The van der Waals surface area contributed by atoms with Crippen molar-refractivity contribution in [2.75, 3.05) is 0 Å². The van der Waals surface area contributed by atoms with Crippen LogP contribution in [0.5, 0.6) is 0 Å². The number of rotatable bonds is 8. The predicted molar refractivity (Wildman–Crippen MR) is 69.4 cm³/mol. The summed E-state index contributed by atoms with van der Waals surface area (Å²) in [5.74, 6) is -1.15. The molecule has 0 bridgehead atoms. The summed E-state index contributed by atoms with van der Waals surface area (Å²) in [5.41, 5.74) is 0.387. The van der Waals surface area contributed by atoms with E-state index in [1.54, 1.807) is 0 Å². The Morgan fingerprint density at radius 2 is 1.83 bits per heavy atom. The van der Waals surface area contributed by atoms with E-state index in [0.29, 0.717) is 12.0 Å². The fourth-order valence-electron chi connectivity index (χ4n) is 2.03. The first-order chi connectivity index (χ1) is 8.63. The highest BCUT2D eigenvalue weighted by Gasteiger charge is 2.10. The van der Waals surface area contributed by atoms with E-state index in [9.17, 15) is 13.9 Å². The fraction of sp³-hybridized carbons (Fsp3) is 0.600. The molecule has 0 fully saturated rings. The van der Waals surface area contributed by atoms with Crippen LogP contribution in [-0.4, -0.2) is 11.2 Å². The minimum Gasteiger partial charge on any atom is -0.393 e. The Morgan fingerprint density at radius 1 is 1.11 bits per heavy atom. The summed E-state index contributed by atoms with van der Waals surface area (Å²) in [6, 6.07) is 3.50. The summed E-state index contributed by atoms with van der Waals surface area (Å²) in [5, 5.41) is 9.79. The molecule has 0 spiro atoms. The van der Waals surface area contributed by atoms with Gasteiger partial charge in [-0.1, -0.05) is 45.1 Å². The van der Waals surface area contributed by atoms with Gasteiger partial charge in [-0.2, -0.15) is 0 Å². The molecule has 1 atom stereocenters. The molecule has 0 saturated heterocycles. The number of aliphatic hydroxyl groups excluding tert-OH is 1. The molecule has 0 aromatic heterocycles. The van der Waals surface area contributed by atoms with Crippen molar-refractivity contribution in [2.24, 2.45) is 0 Å². The Kier molecular flexibility index (Phi) is 6.88. The summed E-state index contributed by atoms with van der Waals surface area (Å²) in [7, 11) is 0. The zero-order valence-electron chi connectivity index (χ0n) is 11.0. The smallest absolute Gasteiger partial charge is 0.129 e. The number of halogens is 2. The second-order valence-electron chi connectivity index (χ2n) is 4.80. The van der Waals surface area contributed by atoms with E-state index in [1.165, 1.54) is 31.4 Å². The maximum atomic E-state index is 13.3. The Hall–Kier alpha value is -0.960. The van der Waals surface area contributed by atoms with Gasteiger partial charge < -0.3 is 5.11 Å². The Bertz CT molecular complexity index is 352. The van der Waals surface area contributed by atoms with Gasteiger partial charge in [0.2, 0.25) is 0 Å². The maximum Gasteiger partial charge on any atom is 0.129 e. The monoisotopic (exact) mass is 256 g/mol. The second kappa shape index (κ2) is 8.20. The number of unbranched alkanes of at least 4 members (excludes halogenated alkanes) is 4. The lowest BCUT2D eigenvalue weighted by molar-refractivity contribution is 0.159. The molecule has 0 radical (unpaired) electrons. The van der Waals surface area contributed by atoms with Gasteiger partial charge in [0.05, 0.1) is 6.10 Å². The van der Waals surface area contributed by atoms with E-state index in [-0.39, 0.29) is 6.42 Å². The van der Waals surface area contributed by atoms with Gasteiger partial charge in [-0.3, -0.25) is 0 Å². The van der Waals surface area contributed by atoms with Crippen LogP contribution in [0.1, 0.15) is 51.0 Å². The molecule has 1 aromatic carbocycles. The number of aliphatic hydroxyl groups is 1. The van der Waals surface area contributed by atoms with Crippen molar-refractivity contribution in [2.45, 2.75) is 58.0 Å². The highest BCUT2D eigenvalue weighted by atomic mass is 19.1. The van der Waals surface area contributed by atoms with Crippen molar-refractivity contribution in [3.05, 3.63) is 35.4 Å². The van der Waals surface area contributed by atoms with Crippen molar-refractivity contribution in [1.82, 2.24) is 0 Å². The highest BCUT2D eigenvalue weighted by molar-refractivity contribution is 5.19. The maximum absolute atomic E-state index is 13.3. The summed E-state index contributed by atoms with van der Waals surface area (Å²) < 4.78 is 26.1. The van der Waals surface area contributed by atoms with Crippen LogP contribution in [0.4, 0.5) is 8.78 Å². The third kappa shape index (κ3) is 5.58. The van der Waals surface area contributed by atoms with Gasteiger partial charge in [-0.05, 0) is 18.1 Å². The van der Waals surface area contributed by atoms with Gasteiger partial charge in [-0.15, -0.1) is 0 Å². The van der Waals surface area contributed by atoms with E-state index in [4.69, 9.17) is 0 Å². The van der Waals surface area contributed by atoms with Crippen molar-refractivity contribution >= 4 is 0 Å². The molecule has 1 N–H and O–H groups in total. The first kappa shape index (κ1) is 15.1. The first-order valence-electron chi connectivity index (χ1n) is 6.75. The normalized spacial score (nSPS) is 12.7. The fourth-order valence-corrected chi connectivity index (χ4v) is 2.03. The molecule has 102 valence electrons. The zero-order chi connectivity index (χ0) is 13.4. The minimum atomic E-state index is -0.578. The molecule has 0 aliphatic heterocycles. The van der Waals surface area contributed by atoms with Gasteiger partial charge in [0, 0.05) is 12.5 Å². The van der Waals surface area contributed by atoms with Crippen molar-refractivity contribution < 1.29 is 13.9 Å². The topological polar surface area (TPSA) is 20.2 Å². The highest BCUT2D eigenvalue weighted by Crippen LogP contribution is 2.15. The average Bonchev–Trinajstić information content (AvgIpc) is 2.32. The van der Waals surface area contributed by atoms with Gasteiger partial charge in [-0.25, -0.2) is 8.78 Å². The van der Waals surface area contributed by atoms with Crippen LogP contribution in [0.25, 0.3) is 0 Å². The predicted octanol–water partition coefficient (Wildman–Crippen LogP) is 4.23. The molecule has 1 rings (SSSR count). The third-order valence-corrected chi connectivity index (χ3v) is 3.11. The average molecular weight is 256 g/mol. The number of benzene rings is 1. The first-order valence-corrected chi connectivity index (χ1v) is 6.75. The van der Waals surface area contributed by atoms with E-state index in [2.05, 4.69) is 6.92 Å². The Morgan fingerprint density at radius 3 is 2.50 bits per heavy atom. The molecule has 0 aliphatic rings. The summed E-state index contributed by atoms with van der Waals surface area (Å²) >= 11 is 0. The van der Waals surface area contributed by atoms with E-state index >= 15 is 0 Å². The molecule has 0 amide bonds. The van der Waals surface area contributed by atoms with Crippen LogP contribution in [0, 0.1) is 11.6 Å². The Labute approximate surface area is 108 Å². The van der Waals surface area contributed by atoms with Crippen molar-refractivity contribution in [1.29, 1.82) is 0 Å². The molecule has 0 saturated carbocycles. The van der Waals surface area contributed by atoms with Gasteiger partial charge in [0.15, 0.2) is 0 Å². The molecule has 1 unspecified atom stereocenters. The molecule has 1 nitrogen and oxygen atoms in total. The number of hydrogen-bond donors (Lipinski definition) is 1. The Balaban J connectivity index is 2.28. The van der Waals surface area contributed by atoms with Gasteiger partial charge in [0.25, 0.3) is 0 Å². The quantitative estimate of drug-likeness (QED) is 0.690. The van der Waals surface area contributed by atoms with Crippen LogP contribution in [0.15, 0.2) is 18.2 Å². The zero-order valence-corrected chi connectivity index (χ0v) is 11.0. The molecule has 3 heteroatoms. The van der Waals surface area contributed by atoms with E-state index in [1.807, 2.05) is 0 Å². The second-order valence-corrected chi connectivity index (χ2v) is 4.80. The van der Waals surface area contributed by atoms with E-state index < -0.39 is 17.7 Å². The molecule has 0 aliphatic carbocycles. The lowest BCUT2D eigenvalue weighted by Crippen LogP contribution is -2.11. The SMILES string of the molecule is CCCCCCCC(O)Cc1ccc(F)cc1F. The van der Waals surface area contributed by atoms with Gasteiger partial charge in [0.1, 0.15) is 11.6 Å². The summed E-state index contributed by atoms with van der Waals surface area (Å²) in [4.78, 5) is 0. The number of hydrogen-bond acceptors (Lipinski definition) is 1. The van der Waals surface area contributed by atoms with Crippen molar-refractivity contribution in [3.63, 3.8) is 0 Å². The largest absolute Gasteiger partial charge is 0.393 e. The van der Waals surface area contributed by atoms with Crippen LogP contribution in [-0.2, 0) is 6.42 Å². The molecule has 1 aromatic rings. The lowest BCUT2D eigenvalue weighted by atomic mass is 10.0. The summed E-state index contributed by atoms with van der Waals surface area (Å²) in [6.07, 6.45) is 6.09.